The Hall–Kier alpha value is -3.89. The van der Waals surface area contributed by atoms with E-state index in [0.717, 1.165) is 80.1 Å². The molecule has 0 unspecified atom stereocenters. The highest BCUT2D eigenvalue weighted by molar-refractivity contribution is 5.82. The molecule has 2 amide bonds. The summed E-state index contributed by atoms with van der Waals surface area (Å²) in [7, 11) is 9.84. The molecule has 2 fully saturated rings. The molecule has 2 heterocycles. The van der Waals surface area contributed by atoms with Gasteiger partial charge in [-0.3, -0.25) is 9.80 Å². The van der Waals surface area contributed by atoms with Gasteiger partial charge < -0.3 is 33.3 Å². The van der Waals surface area contributed by atoms with Crippen molar-refractivity contribution in [1.82, 2.24) is 14.7 Å². The number of rotatable bonds is 15. The van der Waals surface area contributed by atoms with Crippen molar-refractivity contribution in [2.45, 2.75) is 51.1 Å². The molecule has 0 atom stereocenters. The number of urea groups is 1. The molecule has 4 rings (SSSR count). The molecule has 0 N–H and O–H groups in total. The molecule has 0 aromatic heterocycles. The summed E-state index contributed by atoms with van der Waals surface area (Å²) in [5, 5.41) is 0. The summed E-state index contributed by atoms with van der Waals surface area (Å²) in [6, 6.07) is 3.82. The first-order chi connectivity index (χ1) is 22.2. The Kier molecular flexibility index (Phi) is 12.2. The van der Waals surface area contributed by atoms with E-state index in [-0.39, 0.29) is 6.03 Å². The zero-order chi connectivity index (χ0) is 33.3. The average Bonchev–Trinajstić information content (AvgIpc) is 3.17. The molecule has 1 aromatic rings. The Morgan fingerprint density at radius 2 is 1.63 bits per heavy atom. The van der Waals surface area contributed by atoms with Crippen molar-refractivity contribution < 1.29 is 33.2 Å². The van der Waals surface area contributed by atoms with Gasteiger partial charge in [0.2, 0.25) is 5.75 Å². The first kappa shape index (κ1) is 35.0. The number of piperidine rings is 1. The average molecular weight is 638 g/mol. The third-order valence-corrected chi connectivity index (χ3v) is 9.02. The Morgan fingerprint density at radius 1 is 0.935 bits per heavy atom. The van der Waals surface area contributed by atoms with Gasteiger partial charge >= 0.3 is 6.03 Å². The normalized spacial score (nSPS) is 19.1. The number of hydrogen-bond donors (Lipinski definition) is 0. The molecule has 3 aliphatic rings. The molecule has 0 saturated carbocycles. The van der Waals surface area contributed by atoms with E-state index in [4.69, 9.17) is 28.4 Å². The number of methoxy groups -OCH3 is 6. The van der Waals surface area contributed by atoms with Gasteiger partial charge in [-0.2, -0.15) is 0 Å². The number of ether oxygens (including phenoxy) is 6. The van der Waals surface area contributed by atoms with Crippen molar-refractivity contribution in [1.29, 1.82) is 0 Å². The van der Waals surface area contributed by atoms with Crippen molar-refractivity contribution in [3.05, 3.63) is 76.9 Å². The van der Waals surface area contributed by atoms with E-state index in [0.29, 0.717) is 36.9 Å². The van der Waals surface area contributed by atoms with E-state index < -0.39 is 5.54 Å². The number of carbonyl (C=O) groups is 1. The molecule has 10 heteroatoms. The summed E-state index contributed by atoms with van der Waals surface area (Å²) >= 11 is 0. The summed E-state index contributed by atoms with van der Waals surface area (Å²) in [5.41, 5.74) is 3.80. The van der Waals surface area contributed by atoms with E-state index >= 15 is 0 Å². The van der Waals surface area contributed by atoms with Crippen LogP contribution >= 0.6 is 0 Å². The van der Waals surface area contributed by atoms with E-state index in [1.165, 1.54) is 5.57 Å². The van der Waals surface area contributed by atoms with Gasteiger partial charge in [0, 0.05) is 51.5 Å². The van der Waals surface area contributed by atoms with Crippen LogP contribution in [0.1, 0.15) is 44.6 Å². The minimum atomic E-state index is -0.446. The van der Waals surface area contributed by atoms with Crippen LogP contribution in [0.3, 0.4) is 0 Å². The minimum absolute atomic E-state index is 0.0156. The molecule has 2 aliphatic heterocycles. The number of carbonyl (C=O) groups excluding carboxylic acids is 1. The van der Waals surface area contributed by atoms with Crippen LogP contribution in [0.4, 0.5) is 4.79 Å². The van der Waals surface area contributed by atoms with Gasteiger partial charge in [0.05, 0.1) is 54.2 Å². The fourth-order valence-corrected chi connectivity index (χ4v) is 6.60. The molecule has 1 aromatic carbocycles. The van der Waals surface area contributed by atoms with Crippen LogP contribution < -0.4 is 14.2 Å². The lowest BCUT2D eigenvalue weighted by Crippen LogP contribution is -2.54. The van der Waals surface area contributed by atoms with Crippen molar-refractivity contribution >= 4 is 6.03 Å². The molecule has 1 spiro atoms. The number of benzene rings is 1. The quantitative estimate of drug-likeness (QED) is 0.215. The predicted octanol–water partition coefficient (Wildman–Crippen LogP) is 6.06. The van der Waals surface area contributed by atoms with Crippen LogP contribution in [0.15, 0.2) is 71.4 Å². The van der Waals surface area contributed by atoms with Gasteiger partial charge in [-0.05, 0) is 62.0 Å². The molecule has 0 radical (unpaired) electrons. The van der Waals surface area contributed by atoms with Crippen molar-refractivity contribution in [2.75, 3.05) is 75.4 Å². The molecule has 46 heavy (non-hydrogen) atoms. The second kappa shape index (κ2) is 16.1. The van der Waals surface area contributed by atoms with Gasteiger partial charge in [-0.25, -0.2) is 4.79 Å². The summed E-state index contributed by atoms with van der Waals surface area (Å²) in [6.07, 6.45) is 12.5. The maximum absolute atomic E-state index is 14.4. The number of allylic oxidation sites excluding steroid dienone is 4. The predicted molar refractivity (Wildman–Crippen MR) is 179 cm³/mol. The third kappa shape index (κ3) is 7.73. The standard InChI is InChI=1S/C36H51N3O7/c1-26(2)10-9-11-33-36(14-16-37(17-15-36)24-27-12-13-29(42-4)23-30(20-27)43-5)39(18-19-41-3)35(40)38(33)25-28-21-31(44-6)34(46-8)32(22-28)45-7/h11-12,20-23H,1,9-10,13-19,24-25H2,2-8H3/b33-11-. The van der Waals surface area contributed by atoms with Gasteiger partial charge in [0.15, 0.2) is 11.5 Å². The monoisotopic (exact) mass is 637 g/mol. The highest BCUT2D eigenvalue weighted by atomic mass is 16.5. The summed E-state index contributed by atoms with van der Waals surface area (Å²) in [6.45, 7) is 9.97. The number of hydrogen-bond acceptors (Lipinski definition) is 8. The highest BCUT2D eigenvalue weighted by Crippen LogP contribution is 2.46. The largest absolute Gasteiger partial charge is 0.501 e. The van der Waals surface area contributed by atoms with Crippen molar-refractivity contribution in [2.24, 2.45) is 0 Å². The van der Waals surface area contributed by atoms with Crippen molar-refractivity contribution in [3.63, 3.8) is 0 Å². The molecule has 10 nitrogen and oxygen atoms in total. The lowest BCUT2D eigenvalue weighted by molar-refractivity contribution is 0.0724. The maximum atomic E-state index is 14.4. The molecule has 0 bridgehead atoms. The SMILES string of the molecule is C=C(C)CC/C=C1\N(Cc2cc(OC)c(OC)c(OC)c2)C(=O)N(CCOC)C12CCN(CC1=CCC(OC)=CC(OC)=C1)CC2. The smallest absolute Gasteiger partial charge is 0.325 e. The fourth-order valence-electron chi connectivity index (χ4n) is 6.60. The van der Waals surface area contributed by atoms with Gasteiger partial charge in [0.1, 0.15) is 11.5 Å². The van der Waals surface area contributed by atoms with Gasteiger partial charge in [-0.1, -0.05) is 17.7 Å². The van der Waals surface area contributed by atoms with Crippen LogP contribution in [0, 0.1) is 0 Å². The van der Waals surface area contributed by atoms with Crippen LogP contribution in [0.25, 0.3) is 0 Å². The number of amides is 2. The van der Waals surface area contributed by atoms with Crippen LogP contribution in [-0.2, 0) is 20.8 Å². The zero-order valence-corrected chi connectivity index (χ0v) is 28.6. The first-order valence-electron chi connectivity index (χ1n) is 15.9. The van der Waals surface area contributed by atoms with Gasteiger partial charge in [0.25, 0.3) is 0 Å². The maximum Gasteiger partial charge on any atom is 0.325 e. The highest BCUT2D eigenvalue weighted by Gasteiger charge is 2.54. The van der Waals surface area contributed by atoms with E-state index in [2.05, 4.69) is 29.7 Å². The Morgan fingerprint density at radius 3 is 2.20 bits per heavy atom. The molecular weight excluding hydrogens is 586 g/mol. The first-order valence-corrected chi connectivity index (χ1v) is 15.9. The lowest BCUT2D eigenvalue weighted by atomic mass is 9.82. The minimum Gasteiger partial charge on any atom is -0.501 e. The van der Waals surface area contributed by atoms with E-state index in [1.54, 1.807) is 42.7 Å². The van der Waals surface area contributed by atoms with Gasteiger partial charge in [-0.15, -0.1) is 6.58 Å². The lowest BCUT2D eigenvalue weighted by Gasteiger charge is -2.44. The number of likely N-dealkylation sites (tertiary alicyclic amines) is 1. The van der Waals surface area contributed by atoms with E-state index in [9.17, 15) is 4.79 Å². The Labute approximate surface area is 274 Å². The topological polar surface area (TPSA) is 82.2 Å². The van der Waals surface area contributed by atoms with Crippen LogP contribution in [-0.4, -0.2) is 102 Å². The summed E-state index contributed by atoms with van der Waals surface area (Å²) in [4.78, 5) is 20.8. The second-order valence-electron chi connectivity index (χ2n) is 12.0. The summed E-state index contributed by atoms with van der Waals surface area (Å²) < 4.78 is 33.4. The molecular formula is C36H51N3O7. The molecule has 2 saturated heterocycles. The Bertz CT molecular complexity index is 1350. The molecule has 1 aliphatic carbocycles. The van der Waals surface area contributed by atoms with Crippen LogP contribution in [0.2, 0.25) is 0 Å². The van der Waals surface area contributed by atoms with Crippen LogP contribution in [0.5, 0.6) is 17.2 Å². The van der Waals surface area contributed by atoms with E-state index in [1.807, 2.05) is 34.9 Å². The summed E-state index contributed by atoms with van der Waals surface area (Å²) in [5.74, 6) is 3.29. The fraction of sp³-hybridized carbons (Fsp3) is 0.528. The number of nitrogens with zero attached hydrogens (tertiary/aromatic N) is 3. The van der Waals surface area contributed by atoms with Crippen molar-refractivity contribution in [3.8, 4) is 17.2 Å². The zero-order valence-electron chi connectivity index (χ0n) is 28.6. The second-order valence-corrected chi connectivity index (χ2v) is 12.0. The molecule has 252 valence electrons. The Balaban J connectivity index is 1.65. The third-order valence-electron chi connectivity index (χ3n) is 9.02.